The molecule has 0 aliphatic carbocycles. The Bertz CT molecular complexity index is 1090. The van der Waals surface area contributed by atoms with Gasteiger partial charge in [0.15, 0.2) is 6.10 Å². The molecule has 0 bridgehead atoms. The van der Waals surface area contributed by atoms with Crippen LogP contribution < -0.4 is 0 Å². The highest BCUT2D eigenvalue weighted by molar-refractivity contribution is 5.71. The summed E-state index contributed by atoms with van der Waals surface area (Å²) in [4.78, 5) is 37.2. The van der Waals surface area contributed by atoms with Crippen LogP contribution in [-0.2, 0) is 33.3 Å². The zero-order valence-electron chi connectivity index (χ0n) is 42.0. The molecule has 0 aromatic rings. The fourth-order valence-corrected chi connectivity index (χ4v) is 7.53. The first kappa shape index (κ1) is 60.8. The first-order valence-electron chi connectivity index (χ1n) is 26.5. The second-order valence-electron chi connectivity index (χ2n) is 19.2. The van der Waals surface area contributed by atoms with Crippen molar-refractivity contribution in [3.63, 3.8) is 0 Å². The monoisotopic (exact) mass is 893 g/mol. The van der Waals surface area contributed by atoms with E-state index in [0.717, 1.165) is 57.8 Å². The second-order valence-corrected chi connectivity index (χ2v) is 19.2. The number of hydrogen-bond donors (Lipinski definition) is 1. The van der Waals surface area contributed by atoms with E-state index in [1.54, 1.807) is 0 Å². The van der Waals surface area contributed by atoms with Crippen molar-refractivity contribution in [2.24, 2.45) is 0 Å². The van der Waals surface area contributed by atoms with E-state index in [1.807, 2.05) is 21.1 Å². The van der Waals surface area contributed by atoms with Gasteiger partial charge in [-0.3, -0.25) is 9.59 Å². The van der Waals surface area contributed by atoms with E-state index >= 15 is 0 Å². The Kier molecular flexibility index (Phi) is 44.7. The summed E-state index contributed by atoms with van der Waals surface area (Å²) in [6.45, 7) is 4.87. The van der Waals surface area contributed by atoms with Gasteiger partial charge in [0.25, 0.3) is 6.29 Å². The average molecular weight is 893 g/mol. The van der Waals surface area contributed by atoms with E-state index < -0.39 is 24.3 Å². The molecule has 0 amide bonds. The van der Waals surface area contributed by atoms with Crippen LogP contribution in [0.15, 0.2) is 24.3 Å². The summed E-state index contributed by atoms with van der Waals surface area (Å²) in [5.74, 6) is -2.01. The minimum atomic E-state index is -1.51. The molecule has 0 heterocycles. The van der Waals surface area contributed by atoms with Crippen LogP contribution in [0.5, 0.6) is 0 Å². The maximum Gasteiger partial charge on any atom is 0.361 e. The number of nitrogens with zero attached hydrogens (tertiary/aromatic N) is 1. The van der Waals surface area contributed by atoms with Crippen molar-refractivity contribution in [1.82, 2.24) is 0 Å². The number of esters is 2. The molecule has 0 fully saturated rings. The van der Waals surface area contributed by atoms with Crippen molar-refractivity contribution >= 4 is 17.9 Å². The standard InChI is InChI=1S/C54H101NO8/c1-6-8-10-12-14-16-18-20-21-22-23-24-25-26-27-28-29-30-31-33-35-37-39-41-43-45-52(57)63-50(49-62-54(53(58)59)60-47-46-55(3,4)5)48-61-51(56)44-42-40-38-36-34-32-19-17-15-13-11-9-7-2/h17,19,22-23,50,54H,6-16,18,20-21,24-49H2,1-5H3/p+1/b19-17-,23-22-. The van der Waals surface area contributed by atoms with Gasteiger partial charge in [-0.05, 0) is 64.2 Å². The Morgan fingerprint density at radius 3 is 1.19 bits per heavy atom. The first-order chi connectivity index (χ1) is 30.6. The molecule has 0 rings (SSSR count). The lowest BCUT2D eigenvalue weighted by Gasteiger charge is -2.25. The number of unbranched alkanes of at least 4 members (excludes halogenated alkanes) is 30. The van der Waals surface area contributed by atoms with E-state index in [4.69, 9.17) is 18.9 Å². The van der Waals surface area contributed by atoms with Gasteiger partial charge in [0, 0.05) is 12.8 Å². The van der Waals surface area contributed by atoms with Gasteiger partial charge in [-0.2, -0.15) is 0 Å². The number of carboxylic acids is 1. The van der Waals surface area contributed by atoms with E-state index in [9.17, 15) is 19.5 Å². The summed E-state index contributed by atoms with van der Waals surface area (Å²) >= 11 is 0. The molecule has 370 valence electrons. The minimum absolute atomic E-state index is 0.183. The van der Waals surface area contributed by atoms with Crippen LogP contribution in [0.1, 0.15) is 245 Å². The number of rotatable bonds is 49. The van der Waals surface area contributed by atoms with Crippen LogP contribution in [0.2, 0.25) is 0 Å². The summed E-state index contributed by atoms with van der Waals surface area (Å²) in [6, 6.07) is 0. The molecule has 0 radical (unpaired) electrons. The molecular weight excluding hydrogens is 791 g/mol. The Balaban J connectivity index is 4.23. The number of ether oxygens (including phenoxy) is 4. The van der Waals surface area contributed by atoms with Crippen LogP contribution >= 0.6 is 0 Å². The van der Waals surface area contributed by atoms with Gasteiger partial charge in [-0.15, -0.1) is 0 Å². The van der Waals surface area contributed by atoms with Crippen LogP contribution in [-0.4, -0.2) is 87.4 Å². The predicted octanol–water partition coefficient (Wildman–Crippen LogP) is 14.8. The fraction of sp³-hybridized carbons (Fsp3) is 0.870. The highest BCUT2D eigenvalue weighted by atomic mass is 16.7. The largest absolute Gasteiger partial charge is 0.477 e. The lowest BCUT2D eigenvalue weighted by Crippen LogP contribution is -2.40. The average Bonchev–Trinajstić information content (AvgIpc) is 3.24. The van der Waals surface area contributed by atoms with E-state index in [-0.39, 0.29) is 32.2 Å². The SMILES string of the molecule is CCCCCC/C=C\CCCCCCCC(=O)OCC(COC(OCC[N+](C)(C)C)C(=O)O)OC(=O)CCCCCCCCCCCCCCC/C=C\CCCCCCCCCC. The molecule has 9 heteroatoms. The predicted molar refractivity (Wildman–Crippen MR) is 263 cm³/mol. The van der Waals surface area contributed by atoms with Crippen LogP contribution in [0.3, 0.4) is 0 Å². The number of carbonyl (C=O) groups is 3. The molecule has 0 spiro atoms. The van der Waals surface area contributed by atoms with Gasteiger partial charge in [0.1, 0.15) is 13.2 Å². The third-order valence-corrected chi connectivity index (χ3v) is 11.7. The first-order valence-corrected chi connectivity index (χ1v) is 26.5. The van der Waals surface area contributed by atoms with Gasteiger partial charge >= 0.3 is 17.9 Å². The maximum atomic E-state index is 12.8. The number of aliphatic carboxylic acids is 1. The van der Waals surface area contributed by atoms with E-state index in [2.05, 4.69) is 38.2 Å². The second kappa shape index (κ2) is 46.3. The third kappa shape index (κ3) is 47.5. The summed E-state index contributed by atoms with van der Waals surface area (Å²) in [7, 11) is 5.96. The van der Waals surface area contributed by atoms with Crippen molar-refractivity contribution < 1.29 is 42.9 Å². The molecule has 2 atom stereocenters. The molecule has 9 nitrogen and oxygen atoms in total. The molecule has 1 N–H and O–H groups in total. The van der Waals surface area contributed by atoms with Gasteiger partial charge in [-0.25, -0.2) is 4.79 Å². The quantitative estimate of drug-likeness (QED) is 0.0211. The normalized spacial score (nSPS) is 13.0. The highest BCUT2D eigenvalue weighted by Crippen LogP contribution is 2.16. The van der Waals surface area contributed by atoms with Crippen molar-refractivity contribution in [2.75, 3.05) is 47.5 Å². The fourth-order valence-electron chi connectivity index (χ4n) is 7.53. The van der Waals surface area contributed by atoms with E-state index in [0.29, 0.717) is 17.4 Å². The zero-order chi connectivity index (χ0) is 46.3. The number of quaternary nitrogens is 1. The van der Waals surface area contributed by atoms with E-state index in [1.165, 1.54) is 161 Å². The van der Waals surface area contributed by atoms with Crippen LogP contribution in [0.25, 0.3) is 0 Å². The Labute approximate surface area is 388 Å². The van der Waals surface area contributed by atoms with Crippen molar-refractivity contribution in [2.45, 2.75) is 257 Å². The van der Waals surface area contributed by atoms with Crippen molar-refractivity contribution in [3.8, 4) is 0 Å². The highest BCUT2D eigenvalue weighted by Gasteiger charge is 2.25. The summed E-state index contributed by atoms with van der Waals surface area (Å²) in [5.41, 5.74) is 0. The van der Waals surface area contributed by atoms with Crippen LogP contribution in [0.4, 0.5) is 0 Å². The zero-order valence-corrected chi connectivity index (χ0v) is 42.0. The Morgan fingerprint density at radius 1 is 0.460 bits per heavy atom. The van der Waals surface area contributed by atoms with Gasteiger partial charge in [0.05, 0.1) is 34.4 Å². The maximum absolute atomic E-state index is 12.8. The van der Waals surface area contributed by atoms with Gasteiger partial charge < -0.3 is 28.5 Å². The molecule has 0 aromatic carbocycles. The molecule has 63 heavy (non-hydrogen) atoms. The molecule has 0 aromatic heterocycles. The topological polar surface area (TPSA) is 108 Å². The lowest BCUT2D eigenvalue weighted by molar-refractivity contribution is -0.870. The molecular formula is C54H102NO8+. The summed E-state index contributed by atoms with van der Waals surface area (Å²) in [6.07, 6.45) is 49.6. The Hall–Kier alpha value is -2.23. The number of likely N-dealkylation sites (N-methyl/N-ethyl adjacent to an activating group) is 1. The van der Waals surface area contributed by atoms with Gasteiger partial charge in [0.2, 0.25) is 0 Å². The number of carbonyl (C=O) groups excluding carboxylic acids is 2. The molecule has 0 saturated carbocycles. The third-order valence-electron chi connectivity index (χ3n) is 11.7. The van der Waals surface area contributed by atoms with Gasteiger partial charge in [-0.1, -0.05) is 192 Å². The smallest absolute Gasteiger partial charge is 0.361 e. The molecule has 2 unspecified atom stereocenters. The molecule has 0 aliphatic heterocycles. The number of carboxylic acid groups (broad SMARTS) is 1. The summed E-state index contributed by atoms with van der Waals surface area (Å²) < 4.78 is 22.8. The number of hydrogen-bond acceptors (Lipinski definition) is 7. The minimum Gasteiger partial charge on any atom is -0.477 e. The van der Waals surface area contributed by atoms with Crippen LogP contribution in [0, 0.1) is 0 Å². The lowest BCUT2D eigenvalue weighted by atomic mass is 10.0. The molecule has 0 saturated heterocycles. The molecule has 0 aliphatic rings. The Morgan fingerprint density at radius 2 is 0.810 bits per heavy atom. The van der Waals surface area contributed by atoms with Crippen molar-refractivity contribution in [3.05, 3.63) is 24.3 Å². The summed E-state index contributed by atoms with van der Waals surface area (Å²) in [5, 5.41) is 9.66. The van der Waals surface area contributed by atoms with Crippen molar-refractivity contribution in [1.29, 1.82) is 0 Å². The number of allylic oxidation sites excluding steroid dienone is 4.